The number of methoxy groups -OCH3 is 1. The maximum Gasteiger partial charge on any atom is 0.338 e. The molecule has 8 nitrogen and oxygen atoms in total. The second-order valence-corrected chi connectivity index (χ2v) is 8.46. The minimum atomic E-state index is -0.539. The van der Waals surface area contributed by atoms with E-state index in [4.69, 9.17) is 21.1 Å². The lowest BCUT2D eigenvalue weighted by Gasteiger charge is -2.36. The lowest BCUT2D eigenvalue weighted by Crippen LogP contribution is -2.49. The monoisotopic (exact) mass is 482 g/mol. The molecule has 0 saturated carbocycles. The average molecular weight is 483 g/mol. The summed E-state index contributed by atoms with van der Waals surface area (Å²) in [4.78, 5) is 28.9. The van der Waals surface area contributed by atoms with Crippen molar-refractivity contribution in [1.82, 2.24) is 14.7 Å². The van der Waals surface area contributed by atoms with Crippen LogP contribution < -0.4 is 9.64 Å². The van der Waals surface area contributed by atoms with E-state index >= 15 is 0 Å². The molecule has 1 aliphatic rings. The quantitative estimate of drug-likeness (QED) is 0.499. The van der Waals surface area contributed by atoms with E-state index in [1.807, 2.05) is 38.1 Å². The largest absolute Gasteiger partial charge is 0.497 e. The fourth-order valence-corrected chi connectivity index (χ4v) is 4.04. The Kier molecular flexibility index (Phi) is 7.07. The highest BCUT2D eigenvalue weighted by Crippen LogP contribution is 2.23. The Balaban J connectivity index is 1.27. The van der Waals surface area contributed by atoms with Gasteiger partial charge in [0.05, 0.1) is 34.8 Å². The van der Waals surface area contributed by atoms with E-state index in [0.717, 1.165) is 28.5 Å². The van der Waals surface area contributed by atoms with Crippen molar-refractivity contribution in [3.05, 3.63) is 70.5 Å². The number of halogens is 1. The van der Waals surface area contributed by atoms with Crippen molar-refractivity contribution in [2.24, 2.45) is 0 Å². The van der Waals surface area contributed by atoms with Crippen molar-refractivity contribution < 1.29 is 19.1 Å². The Labute approximate surface area is 203 Å². The molecule has 4 rings (SSSR count). The number of piperazine rings is 1. The summed E-state index contributed by atoms with van der Waals surface area (Å²) < 4.78 is 12.2. The first-order valence-electron chi connectivity index (χ1n) is 11.0. The Hall–Kier alpha value is -3.52. The van der Waals surface area contributed by atoms with Crippen LogP contribution in [0.3, 0.4) is 0 Å². The zero-order valence-electron chi connectivity index (χ0n) is 19.5. The second-order valence-electron chi connectivity index (χ2n) is 8.09. The molecule has 178 valence electrons. The lowest BCUT2D eigenvalue weighted by atomic mass is 10.2. The minimum Gasteiger partial charge on any atom is -0.497 e. The number of carbonyl (C=O) groups excluding carboxylic acids is 2. The molecular formula is C25H27ClN4O4. The van der Waals surface area contributed by atoms with Gasteiger partial charge in [0.1, 0.15) is 5.75 Å². The number of anilines is 1. The van der Waals surface area contributed by atoms with Crippen LogP contribution in [0.25, 0.3) is 5.69 Å². The van der Waals surface area contributed by atoms with Gasteiger partial charge in [-0.25, -0.2) is 9.48 Å². The summed E-state index contributed by atoms with van der Waals surface area (Å²) in [6.07, 6.45) is 0. The molecule has 0 radical (unpaired) electrons. The zero-order valence-corrected chi connectivity index (χ0v) is 20.2. The number of ether oxygens (including phenoxy) is 2. The third kappa shape index (κ3) is 5.02. The fraction of sp³-hybridized carbons (Fsp3) is 0.320. The van der Waals surface area contributed by atoms with Crippen molar-refractivity contribution in [2.75, 3.05) is 44.8 Å². The number of esters is 1. The molecule has 2 aromatic carbocycles. The van der Waals surface area contributed by atoms with Crippen LogP contribution in [0, 0.1) is 13.8 Å². The Morgan fingerprint density at radius 2 is 1.56 bits per heavy atom. The molecule has 34 heavy (non-hydrogen) atoms. The zero-order chi connectivity index (χ0) is 24.2. The summed E-state index contributed by atoms with van der Waals surface area (Å²) in [5, 5.41) is 5.02. The standard InChI is InChI=1S/C25H27ClN4O4/c1-17-24(26)18(2)30(27-17)21-6-4-19(5-7-21)25(32)34-16-23(31)29-14-12-28(13-15-29)20-8-10-22(33-3)11-9-20/h4-11H,12-16H2,1-3H3. The van der Waals surface area contributed by atoms with Gasteiger partial charge in [0, 0.05) is 31.9 Å². The van der Waals surface area contributed by atoms with E-state index in [2.05, 4.69) is 10.00 Å². The van der Waals surface area contributed by atoms with Crippen LogP contribution >= 0.6 is 11.6 Å². The normalized spacial score (nSPS) is 13.6. The van der Waals surface area contributed by atoms with Gasteiger partial charge >= 0.3 is 5.97 Å². The van der Waals surface area contributed by atoms with Gasteiger partial charge in [-0.05, 0) is 62.4 Å². The van der Waals surface area contributed by atoms with Gasteiger partial charge in [0.2, 0.25) is 0 Å². The lowest BCUT2D eigenvalue weighted by molar-refractivity contribution is -0.134. The van der Waals surface area contributed by atoms with Gasteiger partial charge in [0.15, 0.2) is 6.61 Å². The molecule has 0 unspecified atom stereocenters. The molecule has 0 bridgehead atoms. The predicted molar refractivity (Wildman–Crippen MR) is 130 cm³/mol. The highest BCUT2D eigenvalue weighted by atomic mass is 35.5. The summed E-state index contributed by atoms with van der Waals surface area (Å²) in [6, 6.07) is 14.7. The number of aromatic nitrogens is 2. The average Bonchev–Trinajstić information content (AvgIpc) is 3.14. The number of hydrogen-bond donors (Lipinski definition) is 0. The summed E-state index contributed by atoms with van der Waals surface area (Å²) in [5.74, 6) is 0.0739. The molecule has 3 aromatic rings. The number of amides is 1. The van der Waals surface area contributed by atoms with Gasteiger partial charge in [-0.15, -0.1) is 0 Å². The van der Waals surface area contributed by atoms with Crippen LogP contribution in [0.4, 0.5) is 5.69 Å². The number of aryl methyl sites for hydroxylation is 1. The Morgan fingerprint density at radius 1 is 0.941 bits per heavy atom. The van der Waals surface area contributed by atoms with Crippen LogP contribution in [0.5, 0.6) is 5.75 Å². The maximum absolute atomic E-state index is 12.6. The van der Waals surface area contributed by atoms with E-state index in [-0.39, 0.29) is 12.5 Å². The first-order valence-corrected chi connectivity index (χ1v) is 11.4. The van der Waals surface area contributed by atoms with Crippen molar-refractivity contribution in [3.63, 3.8) is 0 Å². The molecule has 9 heteroatoms. The third-order valence-electron chi connectivity index (χ3n) is 5.95. The first-order chi connectivity index (χ1) is 16.4. The van der Waals surface area contributed by atoms with Crippen LogP contribution in [-0.4, -0.2) is 66.5 Å². The van der Waals surface area contributed by atoms with E-state index in [1.165, 1.54) is 0 Å². The smallest absolute Gasteiger partial charge is 0.338 e. The highest BCUT2D eigenvalue weighted by Gasteiger charge is 2.22. The van der Waals surface area contributed by atoms with Crippen LogP contribution in [-0.2, 0) is 9.53 Å². The molecule has 1 fully saturated rings. The molecule has 1 amide bonds. The summed E-state index contributed by atoms with van der Waals surface area (Å²) in [6.45, 7) is 6.01. The van der Waals surface area contributed by atoms with E-state index in [9.17, 15) is 9.59 Å². The molecule has 0 atom stereocenters. The number of rotatable bonds is 6. The number of hydrogen-bond acceptors (Lipinski definition) is 6. The molecule has 1 aliphatic heterocycles. The Morgan fingerprint density at radius 3 is 2.12 bits per heavy atom. The van der Waals surface area contributed by atoms with Crippen molar-refractivity contribution in [1.29, 1.82) is 0 Å². The maximum atomic E-state index is 12.6. The second kappa shape index (κ2) is 10.2. The SMILES string of the molecule is COc1ccc(N2CCN(C(=O)COC(=O)c3ccc(-n4nc(C)c(Cl)c4C)cc3)CC2)cc1. The predicted octanol–water partition coefficient (Wildman–Crippen LogP) is 3.66. The van der Waals surface area contributed by atoms with E-state index in [1.54, 1.807) is 41.0 Å². The minimum absolute atomic E-state index is 0.198. The topological polar surface area (TPSA) is 76.9 Å². The van der Waals surface area contributed by atoms with Gasteiger partial charge in [-0.3, -0.25) is 4.79 Å². The molecule has 1 saturated heterocycles. The summed E-state index contributed by atoms with van der Waals surface area (Å²) in [7, 11) is 1.64. The summed E-state index contributed by atoms with van der Waals surface area (Å²) >= 11 is 6.21. The van der Waals surface area contributed by atoms with Crippen LogP contribution in [0.15, 0.2) is 48.5 Å². The molecular weight excluding hydrogens is 456 g/mol. The van der Waals surface area contributed by atoms with Gasteiger partial charge in [-0.2, -0.15) is 5.10 Å². The number of benzene rings is 2. The third-order valence-corrected chi connectivity index (χ3v) is 6.49. The number of nitrogens with zero attached hydrogens (tertiary/aromatic N) is 4. The van der Waals surface area contributed by atoms with Crippen molar-refractivity contribution >= 4 is 29.2 Å². The van der Waals surface area contributed by atoms with Gasteiger partial charge in [-0.1, -0.05) is 11.6 Å². The molecule has 0 aliphatic carbocycles. The molecule has 1 aromatic heterocycles. The van der Waals surface area contributed by atoms with Crippen molar-refractivity contribution in [3.8, 4) is 11.4 Å². The fourth-order valence-electron chi connectivity index (χ4n) is 3.92. The summed E-state index contributed by atoms with van der Waals surface area (Å²) in [5.41, 5.74) is 3.81. The first kappa shape index (κ1) is 23.6. The van der Waals surface area contributed by atoms with Gasteiger partial charge in [0.25, 0.3) is 5.91 Å². The Bertz CT molecular complexity index is 1170. The van der Waals surface area contributed by atoms with E-state index < -0.39 is 5.97 Å². The number of carbonyl (C=O) groups is 2. The molecule has 2 heterocycles. The highest BCUT2D eigenvalue weighted by molar-refractivity contribution is 6.31. The molecule has 0 N–H and O–H groups in total. The molecule has 0 spiro atoms. The van der Waals surface area contributed by atoms with Gasteiger partial charge < -0.3 is 19.3 Å². The van der Waals surface area contributed by atoms with Crippen molar-refractivity contribution in [2.45, 2.75) is 13.8 Å². The van der Waals surface area contributed by atoms with E-state index in [0.29, 0.717) is 36.8 Å². The van der Waals surface area contributed by atoms with Crippen LogP contribution in [0.2, 0.25) is 5.02 Å². The van der Waals surface area contributed by atoms with Crippen LogP contribution in [0.1, 0.15) is 21.7 Å².